The summed E-state index contributed by atoms with van der Waals surface area (Å²) in [6.07, 6.45) is 2.34. The Hall–Kier alpha value is -2.61. The molecule has 7 heteroatoms. The molecule has 2 aromatic carbocycles. The molecule has 3 aromatic rings. The summed E-state index contributed by atoms with van der Waals surface area (Å²) in [4.78, 5) is 2.19. The van der Waals surface area contributed by atoms with Crippen molar-refractivity contribution in [3.63, 3.8) is 0 Å². The van der Waals surface area contributed by atoms with E-state index in [2.05, 4.69) is 15.2 Å². The van der Waals surface area contributed by atoms with Gasteiger partial charge in [0.15, 0.2) is 0 Å². The van der Waals surface area contributed by atoms with Crippen molar-refractivity contribution in [2.24, 2.45) is 5.41 Å². The van der Waals surface area contributed by atoms with Crippen LogP contribution in [0.5, 0.6) is 0 Å². The van der Waals surface area contributed by atoms with Crippen LogP contribution in [0.1, 0.15) is 17.7 Å². The number of halogens is 1. The average Bonchev–Trinajstić information content (AvgIpc) is 3.21. The second-order valence-corrected chi connectivity index (χ2v) is 7.83. The van der Waals surface area contributed by atoms with Gasteiger partial charge in [-0.3, -0.25) is 4.90 Å². The summed E-state index contributed by atoms with van der Waals surface area (Å²) in [6, 6.07) is 16.0. The van der Waals surface area contributed by atoms with Crippen LogP contribution in [0.2, 0.25) is 0 Å². The molecule has 2 N–H and O–H groups in total. The number of benzene rings is 2. The monoisotopic (exact) mass is 396 g/mol. The molecule has 1 aromatic heterocycles. The summed E-state index contributed by atoms with van der Waals surface area (Å²) in [5.41, 5.74) is 1.99. The Bertz CT molecular complexity index is 932. The number of hydrogen-bond acceptors (Lipinski definition) is 5. The maximum absolute atomic E-state index is 13.2. The van der Waals surface area contributed by atoms with Gasteiger partial charge < -0.3 is 10.2 Å². The van der Waals surface area contributed by atoms with Crippen molar-refractivity contribution < 1.29 is 14.6 Å². The molecule has 1 aliphatic rings. The van der Waals surface area contributed by atoms with Gasteiger partial charge in [0, 0.05) is 25.0 Å². The quantitative estimate of drug-likeness (QED) is 0.668. The number of para-hydroxylation sites is 1. The van der Waals surface area contributed by atoms with Crippen LogP contribution in [0.3, 0.4) is 0 Å². The Morgan fingerprint density at radius 2 is 1.86 bits per heavy atom. The molecule has 0 radical (unpaired) electrons. The van der Waals surface area contributed by atoms with Gasteiger partial charge in [0.1, 0.15) is 5.82 Å². The number of piperidine rings is 1. The van der Waals surface area contributed by atoms with Gasteiger partial charge in [-0.2, -0.15) is 0 Å². The van der Waals surface area contributed by atoms with Crippen molar-refractivity contribution in [2.75, 3.05) is 19.7 Å². The standard InChI is InChI=1S/C22H25FN4O2/c23-18-8-6-17(7-9-18)12-22(16-28)15-26(11-10-21(22)29)13-19-14-27(25-24-19)20-4-2-1-3-5-20/h1-9,14,21,28-29H,10-13,15-16H2/t21-,22-/m0/s1. The molecule has 1 fully saturated rings. The van der Waals surface area contributed by atoms with E-state index < -0.39 is 11.5 Å². The number of hydrogen-bond donors (Lipinski definition) is 2. The second kappa shape index (κ2) is 8.41. The Morgan fingerprint density at radius 1 is 1.10 bits per heavy atom. The van der Waals surface area contributed by atoms with Crippen molar-refractivity contribution in [3.8, 4) is 5.69 Å². The number of aliphatic hydroxyl groups excluding tert-OH is 2. The molecule has 0 spiro atoms. The van der Waals surface area contributed by atoms with Crippen molar-refractivity contribution >= 4 is 0 Å². The third-order valence-corrected chi connectivity index (χ3v) is 5.70. The van der Waals surface area contributed by atoms with Crippen LogP contribution in [-0.2, 0) is 13.0 Å². The molecule has 2 atom stereocenters. The maximum atomic E-state index is 13.2. The predicted molar refractivity (Wildman–Crippen MR) is 107 cm³/mol. The molecule has 0 unspecified atom stereocenters. The van der Waals surface area contributed by atoms with Crippen LogP contribution in [0, 0.1) is 11.2 Å². The van der Waals surface area contributed by atoms with E-state index in [0.29, 0.717) is 32.5 Å². The highest BCUT2D eigenvalue weighted by molar-refractivity contribution is 5.30. The molecule has 0 aliphatic carbocycles. The molecule has 1 saturated heterocycles. The summed E-state index contributed by atoms with van der Waals surface area (Å²) in [6.45, 7) is 1.69. The summed E-state index contributed by atoms with van der Waals surface area (Å²) < 4.78 is 15.0. The normalized spacial score (nSPS) is 22.7. The molecule has 1 aliphatic heterocycles. The lowest BCUT2D eigenvalue weighted by Gasteiger charge is -2.45. The minimum atomic E-state index is -0.689. The van der Waals surface area contributed by atoms with Crippen molar-refractivity contribution in [1.29, 1.82) is 0 Å². The number of rotatable bonds is 6. The van der Waals surface area contributed by atoms with Crippen LogP contribution < -0.4 is 0 Å². The maximum Gasteiger partial charge on any atom is 0.123 e. The highest BCUT2D eigenvalue weighted by Gasteiger charge is 2.42. The molecule has 152 valence electrons. The molecule has 0 bridgehead atoms. The first-order valence-corrected chi connectivity index (χ1v) is 9.80. The van der Waals surface area contributed by atoms with Crippen LogP contribution in [0.25, 0.3) is 5.69 Å². The lowest BCUT2D eigenvalue weighted by molar-refractivity contribution is -0.0770. The topological polar surface area (TPSA) is 74.4 Å². The molecule has 0 saturated carbocycles. The second-order valence-electron chi connectivity index (χ2n) is 7.83. The van der Waals surface area contributed by atoms with E-state index in [1.54, 1.807) is 16.8 Å². The van der Waals surface area contributed by atoms with Gasteiger partial charge in [-0.05, 0) is 42.7 Å². The molecule has 29 heavy (non-hydrogen) atoms. The first kappa shape index (κ1) is 19.7. The van der Waals surface area contributed by atoms with Gasteiger partial charge in [-0.1, -0.05) is 35.5 Å². The smallest absolute Gasteiger partial charge is 0.123 e. The largest absolute Gasteiger partial charge is 0.396 e. The number of likely N-dealkylation sites (tertiary alicyclic amines) is 1. The number of aromatic nitrogens is 3. The lowest BCUT2D eigenvalue weighted by Crippen LogP contribution is -2.54. The van der Waals surface area contributed by atoms with E-state index in [1.165, 1.54) is 12.1 Å². The van der Waals surface area contributed by atoms with E-state index in [1.807, 2.05) is 36.5 Å². The lowest BCUT2D eigenvalue weighted by atomic mass is 9.73. The molecular weight excluding hydrogens is 371 g/mol. The van der Waals surface area contributed by atoms with E-state index in [4.69, 9.17) is 0 Å². The third kappa shape index (κ3) is 4.37. The van der Waals surface area contributed by atoms with Gasteiger partial charge in [0.2, 0.25) is 0 Å². The number of aliphatic hydroxyl groups is 2. The summed E-state index contributed by atoms with van der Waals surface area (Å²) in [5, 5.41) is 29.3. The molecule has 2 heterocycles. The van der Waals surface area contributed by atoms with Crippen molar-refractivity contribution in [1.82, 2.24) is 19.9 Å². The SMILES string of the molecule is OC[C@]1(Cc2ccc(F)cc2)CN(Cc2cn(-c3ccccc3)nn2)CC[C@@H]1O. The van der Waals surface area contributed by atoms with Gasteiger partial charge >= 0.3 is 0 Å². The summed E-state index contributed by atoms with van der Waals surface area (Å²) in [7, 11) is 0. The van der Waals surface area contributed by atoms with Gasteiger partial charge in [-0.25, -0.2) is 9.07 Å². The van der Waals surface area contributed by atoms with Gasteiger partial charge in [0.25, 0.3) is 0 Å². The molecule has 6 nitrogen and oxygen atoms in total. The zero-order valence-electron chi connectivity index (χ0n) is 16.2. The first-order chi connectivity index (χ1) is 14.1. The van der Waals surface area contributed by atoms with Crippen LogP contribution in [0.4, 0.5) is 4.39 Å². The van der Waals surface area contributed by atoms with E-state index in [-0.39, 0.29) is 12.4 Å². The first-order valence-electron chi connectivity index (χ1n) is 9.80. The van der Waals surface area contributed by atoms with E-state index in [9.17, 15) is 14.6 Å². The van der Waals surface area contributed by atoms with Crippen LogP contribution >= 0.6 is 0 Å². The highest BCUT2D eigenvalue weighted by Crippen LogP contribution is 2.34. The van der Waals surface area contributed by atoms with Crippen molar-refractivity contribution in [3.05, 3.63) is 77.9 Å². The average molecular weight is 396 g/mol. The molecule has 4 rings (SSSR count). The summed E-state index contributed by atoms with van der Waals surface area (Å²) in [5.74, 6) is -0.292. The predicted octanol–water partition coefficient (Wildman–Crippen LogP) is 2.19. The highest BCUT2D eigenvalue weighted by atomic mass is 19.1. The molecule has 0 amide bonds. The fourth-order valence-electron chi connectivity index (χ4n) is 4.08. The van der Waals surface area contributed by atoms with Gasteiger partial charge in [0.05, 0.1) is 30.3 Å². The fraction of sp³-hybridized carbons (Fsp3) is 0.364. The Labute approximate surface area is 169 Å². The van der Waals surface area contributed by atoms with E-state index in [0.717, 1.165) is 16.9 Å². The third-order valence-electron chi connectivity index (χ3n) is 5.70. The molecular formula is C22H25FN4O2. The van der Waals surface area contributed by atoms with Crippen molar-refractivity contribution in [2.45, 2.75) is 25.5 Å². The minimum absolute atomic E-state index is 0.140. The summed E-state index contributed by atoms with van der Waals surface area (Å²) >= 11 is 0. The van der Waals surface area contributed by atoms with Gasteiger partial charge in [-0.15, -0.1) is 5.10 Å². The zero-order chi connectivity index (χ0) is 20.3. The fourth-order valence-corrected chi connectivity index (χ4v) is 4.08. The Kier molecular flexibility index (Phi) is 5.71. The van der Waals surface area contributed by atoms with Crippen LogP contribution in [0.15, 0.2) is 60.8 Å². The minimum Gasteiger partial charge on any atom is -0.396 e. The number of nitrogens with zero attached hydrogens (tertiary/aromatic N) is 4. The van der Waals surface area contributed by atoms with Crippen LogP contribution in [-0.4, -0.2) is 55.9 Å². The van der Waals surface area contributed by atoms with E-state index >= 15 is 0 Å². The zero-order valence-corrected chi connectivity index (χ0v) is 16.2. The Balaban J connectivity index is 1.48. The Morgan fingerprint density at radius 3 is 2.59 bits per heavy atom.